The summed E-state index contributed by atoms with van der Waals surface area (Å²) in [4.78, 5) is 12.1. The lowest BCUT2D eigenvalue weighted by atomic mass is 10.0. The second-order valence-electron chi connectivity index (χ2n) is 6.59. The van der Waals surface area contributed by atoms with Gasteiger partial charge in [-0.15, -0.1) is 0 Å². The number of hydrogen-bond donors (Lipinski definition) is 0. The maximum atomic E-state index is 12.9. The molecule has 0 radical (unpaired) electrons. The number of halogens is 1. The van der Waals surface area contributed by atoms with E-state index >= 15 is 0 Å². The molecule has 3 heteroatoms. The topological polar surface area (TPSA) is 26.3 Å². The molecule has 0 aliphatic carbocycles. The van der Waals surface area contributed by atoms with E-state index in [1.807, 2.05) is 0 Å². The van der Waals surface area contributed by atoms with Crippen molar-refractivity contribution in [3.8, 4) is 0 Å². The summed E-state index contributed by atoms with van der Waals surface area (Å²) in [5.41, 5.74) is 0.424. The molecule has 0 N–H and O–H groups in total. The Morgan fingerprint density at radius 3 is 2.04 bits per heavy atom. The number of benzene rings is 1. The van der Waals surface area contributed by atoms with Gasteiger partial charge in [0.1, 0.15) is 11.9 Å². The maximum absolute atomic E-state index is 12.9. The minimum absolute atomic E-state index is 0.0207. The number of carbonyl (C=O) groups is 1. The Morgan fingerprint density at radius 1 is 0.875 bits per heavy atom. The van der Waals surface area contributed by atoms with Gasteiger partial charge < -0.3 is 4.74 Å². The molecule has 0 saturated heterocycles. The van der Waals surface area contributed by atoms with Gasteiger partial charge in [-0.25, -0.2) is 9.18 Å². The van der Waals surface area contributed by atoms with Crippen LogP contribution in [-0.4, -0.2) is 12.1 Å². The first-order valence-electron chi connectivity index (χ1n) is 9.64. The van der Waals surface area contributed by atoms with E-state index in [1.165, 1.54) is 69.2 Å². The molecular weight excluding hydrogens is 303 g/mol. The largest absolute Gasteiger partial charge is 0.459 e. The van der Waals surface area contributed by atoms with Crippen molar-refractivity contribution in [2.24, 2.45) is 0 Å². The van der Waals surface area contributed by atoms with Gasteiger partial charge in [0.05, 0.1) is 5.56 Å². The Kier molecular flexibility index (Phi) is 11.2. The number of rotatable bonds is 13. The van der Waals surface area contributed by atoms with E-state index < -0.39 is 0 Å². The summed E-state index contributed by atoms with van der Waals surface area (Å²) >= 11 is 0. The quantitative estimate of drug-likeness (QED) is 0.296. The summed E-state index contributed by atoms with van der Waals surface area (Å²) in [7, 11) is 0. The third-order valence-corrected chi connectivity index (χ3v) is 4.34. The number of hydrogen-bond acceptors (Lipinski definition) is 2. The monoisotopic (exact) mass is 336 g/mol. The molecule has 0 aliphatic heterocycles. The fourth-order valence-corrected chi connectivity index (χ4v) is 2.90. The third-order valence-electron chi connectivity index (χ3n) is 4.34. The van der Waals surface area contributed by atoms with Crippen molar-refractivity contribution in [3.05, 3.63) is 35.6 Å². The summed E-state index contributed by atoms with van der Waals surface area (Å²) in [5.74, 6) is -0.677. The van der Waals surface area contributed by atoms with E-state index in [4.69, 9.17) is 4.74 Å². The Morgan fingerprint density at radius 2 is 1.46 bits per heavy atom. The molecular formula is C21H33FO2. The Labute approximate surface area is 146 Å². The van der Waals surface area contributed by atoms with Crippen LogP contribution in [0.5, 0.6) is 0 Å². The van der Waals surface area contributed by atoms with Gasteiger partial charge in [0.15, 0.2) is 0 Å². The summed E-state index contributed by atoms with van der Waals surface area (Å²) in [6.07, 6.45) is 13.0. The second-order valence-corrected chi connectivity index (χ2v) is 6.59. The van der Waals surface area contributed by atoms with E-state index in [9.17, 15) is 9.18 Å². The van der Waals surface area contributed by atoms with Crippen molar-refractivity contribution >= 4 is 5.97 Å². The van der Waals surface area contributed by atoms with E-state index in [1.54, 1.807) is 0 Å². The Hall–Kier alpha value is -1.38. The molecule has 24 heavy (non-hydrogen) atoms. The highest BCUT2D eigenvalue weighted by molar-refractivity contribution is 5.89. The third kappa shape index (κ3) is 9.05. The lowest BCUT2D eigenvalue weighted by molar-refractivity contribution is 0.0253. The highest BCUT2D eigenvalue weighted by Gasteiger charge is 2.15. The lowest BCUT2D eigenvalue weighted by Gasteiger charge is -2.17. The van der Waals surface area contributed by atoms with Gasteiger partial charge in [0.2, 0.25) is 0 Å². The predicted octanol–water partition coefficient (Wildman–Crippen LogP) is 6.68. The Bertz CT molecular complexity index is 442. The van der Waals surface area contributed by atoms with Crippen LogP contribution in [-0.2, 0) is 4.74 Å². The van der Waals surface area contributed by atoms with Crippen LogP contribution in [0.2, 0.25) is 0 Å². The highest BCUT2D eigenvalue weighted by Crippen LogP contribution is 2.16. The van der Waals surface area contributed by atoms with Crippen molar-refractivity contribution in [1.29, 1.82) is 0 Å². The van der Waals surface area contributed by atoms with Crippen LogP contribution in [0.1, 0.15) is 94.8 Å². The van der Waals surface area contributed by atoms with Gasteiger partial charge in [-0.2, -0.15) is 0 Å². The highest BCUT2D eigenvalue weighted by atomic mass is 19.1. The van der Waals surface area contributed by atoms with Crippen LogP contribution in [0.3, 0.4) is 0 Å². The molecule has 0 amide bonds. The SMILES string of the molecule is CCCCCCCCCCC(CCC)OC(=O)c1ccc(F)cc1. The molecule has 2 nitrogen and oxygen atoms in total. The van der Waals surface area contributed by atoms with Crippen molar-refractivity contribution in [1.82, 2.24) is 0 Å². The molecule has 0 heterocycles. The van der Waals surface area contributed by atoms with E-state index in [2.05, 4.69) is 13.8 Å². The summed E-state index contributed by atoms with van der Waals surface area (Å²) in [6, 6.07) is 5.56. The van der Waals surface area contributed by atoms with Crippen LogP contribution in [0.25, 0.3) is 0 Å². The van der Waals surface area contributed by atoms with E-state index in [0.717, 1.165) is 25.7 Å². The van der Waals surface area contributed by atoms with Crippen molar-refractivity contribution < 1.29 is 13.9 Å². The van der Waals surface area contributed by atoms with Crippen LogP contribution in [0.4, 0.5) is 4.39 Å². The van der Waals surface area contributed by atoms with E-state index in [0.29, 0.717) is 5.56 Å². The summed E-state index contributed by atoms with van der Waals surface area (Å²) in [5, 5.41) is 0. The first kappa shape index (κ1) is 20.7. The molecule has 0 bridgehead atoms. The number of unbranched alkanes of at least 4 members (excludes halogenated alkanes) is 7. The van der Waals surface area contributed by atoms with Crippen LogP contribution < -0.4 is 0 Å². The normalized spacial score (nSPS) is 12.1. The molecule has 0 fully saturated rings. The van der Waals surface area contributed by atoms with Gasteiger partial charge in [-0.3, -0.25) is 0 Å². The summed E-state index contributed by atoms with van der Waals surface area (Å²) < 4.78 is 18.5. The average molecular weight is 336 g/mol. The first-order chi connectivity index (χ1) is 11.7. The summed E-state index contributed by atoms with van der Waals surface area (Å²) in [6.45, 7) is 4.34. The molecule has 1 rings (SSSR count). The van der Waals surface area contributed by atoms with Gasteiger partial charge in [0.25, 0.3) is 0 Å². The van der Waals surface area contributed by atoms with Crippen molar-refractivity contribution in [2.45, 2.75) is 90.6 Å². The molecule has 0 aromatic heterocycles. The molecule has 1 aromatic rings. The molecule has 1 atom stereocenters. The predicted molar refractivity (Wildman–Crippen MR) is 97.7 cm³/mol. The number of esters is 1. The number of ether oxygens (including phenoxy) is 1. The van der Waals surface area contributed by atoms with Crippen LogP contribution in [0, 0.1) is 5.82 Å². The van der Waals surface area contributed by atoms with Crippen LogP contribution in [0.15, 0.2) is 24.3 Å². The molecule has 0 saturated carbocycles. The minimum Gasteiger partial charge on any atom is -0.459 e. The van der Waals surface area contributed by atoms with Gasteiger partial charge in [-0.1, -0.05) is 65.2 Å². The van der Waals surface area contributed by atoms with Crippen LogP contribution >= 0.6 is 0 Å². The Balaban J connectivity index is 2.25. The molecule has 0 spiro atoms. The standard InChI is InChI=1S/C21H33FO2/c1-3-5-6-7-8-9-10-11-13-20(12-4-2)24-21(23)18-14-16-19(22)17-15-18/h14-17,20H,3-13H2,1-2H3. The second kappa shape index (κ2) is 13.0. The molecule has 136 valence electrons. The van der Waals surface area contributed by atoms with Gasteiger partial charge in [0, 0.05) is 0 Å². The van der Waals surface area contributed by atoms with Crippen molar-refractivity contribution in [2.75, 3.05) is 0 Å². The van der Waals surface area contributed by atoms with Gasteiger partial charge in [-0.05, 0) is 43.5 Å². The average Bonchev–Trinajstić information content (AvgIpc) is 2.58. The molecule has 0 aliphatic rings. The van der Waals surface area contributed by atoms with Crippen molar-refractivity contribution in [3.63, 3.8) is 0 Å². The first-order valence-corrected chi connectivity index (χ1v) is 9.64. The lowest BCUT2D eigenvalue weighted by Crippen LogP contribution is -2.18. The minimum atomic E-state index is -0.340. The smallest absolute Gasteiger partial charge is 0.338 e. The molecule has 1 aromatic carbocycles. The fraction of sp³-hybridized carbons (Fsp3) is 0.667. The van der Waals surface area contributed by atoms with Gasteiger partial charge >= 0.3 is 5.97 Å². The number of carbonyl (C=O) groups excluding carboxylic acids is 1. The zero-order valence-corrected chi connectivity index (χ0v) is 15.4. The van der Waals surface area contributed by atoms with E-state index in [-0.39, 0.29) is 17.9 Å². The zero-order chi connectivity index (χ0) is 17.6. The fourth-order valence-electron chi connectivity index (χ4n) is 2.90. The molecule has 1 unspecified atom stereocenters. The zero-order valence-electron chi connectivity index (χ0n) is 15.4. The maximum Gasteiger partial charge on any atom is 0.338 e.